The Balaban J connectivity index is 1.57. The lowest BCUT2D eigenvalue weighted by atomic mass is 10.1. The van der Waals surface area contributed by atoms with E-state index in [1.807, 2.05) is 0 Å². The first-order chi connectivity index (χ1) is 15.0. The highest BCUT2D eigenvalue weighted by Gasteiger charge is 2.39. The van der Waals surface area contributed by atoms with Gasteiger partial charge in [0, 0.05) is 31.7 Å². The van der Waals surface area contributed by atoms with Gasteiger partial charge in [0.25, 0.3) is 0 Å². The van der Waals surface area contributed by atoms with Crippen molar-refractivity contribution in [3.8, 4) is 5.75 Å². The second kappa shape index (κ2) is 9.00. The summed E-state index contributed by atoms with van der Waals surface area (Å²) in [6.07, 6.45) is -3.86. The second-order valence-corrected chi connectivity index (χ2v) is 10.3. The van der Waals surface area contributed by atoms with Gasteiger partial charge < -0.3 is 10.1 Å². The van der Waals surface area contributed by atoms with Gasteiger partial charge in [0.1, 0.15) is 5.75 Å². The van der Waals surface area contributed by atoms with Crippen LogP contribution in [0.25, 0.3) is 0 Å². The molecule has 174 valence electrons. The van der Waals surface area contributed by atoms with Gasteiger partial charge in [-0.05, 0) is 48.4 Å². The van der Waals surface area contributed by atoms with Crippen LogP contribution >= 0.6 is 23.2 Å². The smallest absolute Gasteiger partial charge is 0.406 e. The molecule has 0 aromatic heterocycles. The molecule has 32 heavy (non-hydrogen) atoms. The summed E-state index contributed by atoms with van der Waals surface area (Å²) < 4.78 is 69.7. The van der Waals surface area contributed by atoms with Crippen molar-refractivity contribution in [2.45, 2.75) is 35.8 Å². The fourth-order valence-electron chi connectivity index (χ4n) is 4.12. The molecular weight excluding hydrogens is 490 g/mol. The van der Waals surface area contributed by atoms with Crippen LogP contribution in [0.5, 0.6) is 5.75 Å². The van der Waals surface area contributed by atoms with Crippen LogP contribution in [0, 0.1) is 0 Å². The van der Waals surface area contributed by atoms with E-state index in [9.17, 15) is 21.6 Å². The minimum Gasteiger partial charge on any atom is -0.406 e. The number of hydrogen-bond acceptors (Lipinski definition) is 5. The quantitative estimate of drug-likeness (QED) is 0.591. The first kappa shape index (κ1) is 23.6. The average molecular weight is 510 g/mol. The van der Waals surface area contributed by atoms with Gasteiger partial charge >= 0.3 is 6.36 Å². The summed E-state index contributed by atoms with van der Waals surface area (Å²) in [4.78, 5) is 2.04. The number of nitrogens with one attached hydrogen (secondary N) is 2. The number of sulfonamides is 1. The van der Waals surface area contributed by atoms with Crippen molar-refractivity contribution < 1.29 is 26.3 Å². The maximum atomic E-state index is 13.0. The molecule has 3 atom stereocenters. The van der Waals surface area contributed by atoms with Gasteiger partial charge in [-0.3, -0.25) is 4.90 Å². The maximum Gasteiger partial charge on any atom is 0.573 e. The van der Waals surface area contributed by atoms with Crippen LogP contribution in [0.4, 0.5) is 13.2 Å². The molecule has 0 amide bonds. The first-order valence-corrected chi connectivity index (χ1v) is 12.0. The topological polar surface area (TPSA) is 70.7 Å². The van der Waals surface area contributed by atoms with Gasteiger partial charge in [0.15, 0.2) is 0 Å². The molecule has 0 spiro atoms. The van der Waals surface area contributed by atoms with Gasteiger partial charge in [-0.15, -0.1) is 13.2 Å². The normalized spacial score (nSPS) is 22.3. The number of alkyl halides is 3. The molecule has 6 nitrogen and oxygen atoms in total. The van der Waals surface area contributed by atoms with E-state index in [1.165, 1.54) is 0 Å². The molecule has 0 unspecified atom stereocenters. The Morgan fingerprint density at radius 2 is 1.88 bits per heavy atom. The highest BCUT2D eigenvalue weighted by molar-refractivity contribution is 7.89. The minimum absolute atomic E-state index is 0.179. The summed E-state index contributed by atoms with van der Waals surface area (Å²) in [6.45, 7) is 2.05. The number of halogens is 5. The summed E-state index contributed by atoms with van der Waals surface area (Å²) in [5.41, 5.74) is 0.635. The number of hydrogen-bond donors (Lipinski definition) is 2. The number of nitrogens with zero attached hydrogens (tertiary/aromatic N) is 1. The third kappa shape index (κ3) is 5.49. The zero-order chi connectivity index (χ0) is 23.1. The van der Waals surface area contributed by atoms with Crippen LogP contribution in [-0.4, -0.2) is 51.4 Å². The summed E-state index contributed by atoms with van der Waals surface area (Å²) in [5.74, 6) is -0.502. The van der Waals surface area contributed by atoms with Gasteiger partial charge in [-0.1, -0.05) is 29.3 Å². The van der Waals surface area contributed by atoms with Crippen molar-refractivity contribution in [3.63, 3.8) is 0 Å². The van der Waals surface area contributed by atoms with E-state index in [0.717, 1.165) is 43.8 Å². The van der Waals surface area contributed by atoms with Crippen molar-refractivity contribution in [1.29, 1.82) is 0 Å². The fourth-order valence-corrected chi connectivity index (χ4v) is 5.64. The Labute approximate surface area is 193 Å². The summed E-state index contributed by atoms with van der Waals surface area (Å²) in [7, 11) is -4.05. The molecule has 2 aromatic rings. The molecule has 2 N–H and O–H groups in total. The van der Waals surface area contributed by atoms with Crippen LogP contribution in [0.3, 0.4) is 0 Å². The van der Waals surface area contributed by atoms with Gasteiger partial charge in [-0.25, -0.2) is 13.1 Å². The molecule has 2 saturated heterocycles. The molecule has 0 radical (unpaired) electrons. The number of piperazine rings is 1. The molecule has 2 heterocycles. The van der Waals surface area contributed by atoms with Gasteiger partial charge in [0.2, 0.25) is 10.0 Å². The summed E-state index contributed by atoms with van der Waals surface area (Å²) >= 11 is 12.2. The molecule has 2 aliphatic heterocycles. The zero-order valence-corrected chi connectivity index (χ0v) is 18.9. The van der Waals surface area contributed by atoms with E-state index in [-0.39, 0.29) is 4.90 Å². The van der Waals surface area contributed by atoms with Crippen LogP contribution < -0.4 is 14.8 Å². The predicted molar refractivity (Wildman–Crippen MR) is 114 cm³/mol. The molecular formula is C20H20Cl2F3N3O3S. The van der Waals surface area contributed by atoms with Gasteiger partial charge in [0.05, 0.1) is 21.0 Å². The predicted octanol–water partition coefficient (Wildman–Crippen LogP) is 3.96. The Hall–Kier alpha value is -1.56. The Bertz CT molecular complexity index is 1080. The molecule has 2 aromatic carbocycles. The third-order valence-electron chi connectivity index (χ3n) is 5.60. The molecule has 2 aliphatic rings. The maximum absolute atomic E-state index is 13.0. The summed E-state index contributed by atoms with van der Waals surface area (Å²) in [6, 6.07) is 9.03. The van der Waals surface area contributed by atoms with E-state index in [1.54, 1.807) is 18.2 Å². The number of benzene rings is 2. The van der Waals surface area contributed by atoms with Crippen LogP contribution in [0.15, 0.2) is 47.4 Å². The molecule has 0 aliphatic carbocycles. The van der Waals surface area contributed by atoms with E-state index in [4.69, 9.17) is 23.2 Å². The highest BCUT2D eigenvalue weighted by Crippen LogP contribution is 2.31. The van der Waals surface area contributed by atoms with E-state index < -0.39 is 28.2 Å². The van der Waals surface area contributed by atoms with Crippen molar-refractivity contribution in [2.75, 3.05) is 19.6 Å². The zero-order valence-electron chi connectivity index (χ0n) is 16.6. The number of likely N-dealkylation sites (tertiary alicyclic amines) is 1. The lowest BCUT2D eigenvalue weighted by molar-refractivity contribution is -0.274. The first-order valence-electron chi connectivity index (χ1n) is 9.81. The molecule has 12 heteroatoms. The molecule has 2 fully saturated rings. The van der Waals surface area contributed by atoms with Crippen LogP contribution in [0.2, 0.25) is 10.0 Å². The van der Waals surface area contributed by atoms with Gasteiger partial charge in [-0.2, -0.15) is 0 Å². The van der Waals surface area contributed by atoms with E-state index in [0.29, 0.717) is 34.2 Å². The second-order valence-electron chi connectivity index (χ2n) is 7.82. The van der Waals surface area contributed by atoms with Crippen LogP contribution in [-0.2, 0) is 10.0 Å². The van der Waals surface area contributed by atoms with Crippen molar-refractivity contribution in [1.82, 2.24) is 14.9 Å². The lowest BCUT2D eigenvalue weighted by Crippen LogP contribution is -2.47. The minimum atomic E-state index is -4.86. The monoisotopic (exact) mass is 509 g/mol. The lowest BCUT2D eigenvalue weighted by Gasteiger charge is -2.31. The Morgan fingerprint density at radius 1 is 1.16 bits per heavy atom. The SMILES string of the molecule is O=S(=O)(N[C@@H](CN1C[C@@H]2C[C@H]1CN2)c1ccc(Cl)c(Cl)c1)c1ccc(OC(F)(F)F)cc1. The number of rotatable bonds is 7. The number of fused-ring (bicyclic) bond motifs is 2. The van der Waals surface area contributed by atoms with Crippen molar-refractivity contribution in [3.05, 3.63) is 58.1 Å². The third-order valence-corrected chi connectivity index (χ3v) is 7.82. The van der Waals surface area contributed by atoms with Crippen molar-refractivity contribution >= 4 is 33.2 Å². The molecule has 2 bridgehead atoms. The Morgan fingerprint density at radius 3 is 2.44 bits per heavy atom. The Kier molecular flexibility index (Phi) is 6.63. The van der Waals surface area contributed by atoms with Crippen LogP contribution in [0.1, 0.15) is 18.0 Å². The average Bonchev–Trinajstić information content (AvgIpc) is 3.32. The number of ether oxygens (including phenoxy) is 1. The van der Waals surface area contributed by atoms with E-state index >= 15 is 0 Å². The molecule has 0 saturated carbocycles. The largest absolute Gasteiger partial charge is 0.573 e. The van der Waals surface area contributed by atoms with Crippen molar-refractivity contribution in [2.24, 2.45) is 0 Å². The summed E-state index contributed by atoms with van der Waals surface area (Å²) in [5, 5.41) is 4.05. The highest BCUT2D eigenvalue weighted by atomic mass is 35.5. The standard InChI is InChI=1S/C20H20Cl2F3N3O3S/c21-17-6-1-12(7-18(17)22)19(11-28-10-13-8-14(28)9-26-13)27-32(29,30)16-4-2-15(3-5-16)31-20(23,24)25/h1-7,13-14,19,26-27H,8-11H2/t13-,14-,19-/m0/s1. The van der Waals surface area contributed by atoms with E-state index in [2.05, 4.69) is 19.7 Å². The molecule has 4 rings (SSSR count). The fraction of sp³-hybridized carbons (Fsp3) is 0.400.